The number of piperidine rings is 1. The summed E-state index contributed by atoms with van der Waals surface area (Å²) in [5, 5.41) is 3.33. The van der Waals surface area contributed by atoms with Crippen molar-refractivity contribution in [3.8, 4) is 0 Å². The Morgan fingerprint density at radius 3 is 2.94 bits per heavy atom. The van der Waals surface area contributed by atoms with Crippen molar-refractivity contribution in [3.63, 3.8) is 0 Å². The van der Waals surface area contributed by atoms with Gasteiger partial charge in [-0.05, 0) is 25.1 Å². The number of hydrogen-bond donors (Lipinski definition) is 1. The van der Waals surface area contributed by atoms with E-state index < -0.39 is 0 Å². The third-order valence-corrected chi connectivity index (χ3v) is 3.58. The van der Waals surface area contributed by atoms with Crippen LogP contribution in [0, 0.1) is 0 Å². The van der Waals surface area contributed by atoms with Gasteiger partial charge in [-0.15, -0.1) is 0 Å². The van der Waals surface area contributed by atoms with Gasteiger partial charge in [-0.1, -0.05) is 28.1 Å². The fourth-order valence-corrected chi connectivity index (χ4v) is 2.67. The van der Waals surface area contributed by atoms with E-state index in [0.717, 1.165) is 29.5 Å². The van der Waals surface area contributed by atoms with Gasteiger partial charge in [0, 0.05) is 16.6 Å². The van der Waals surface area contributed by atoms with Crippen molar-refractivity contribution in [3.05, 3.63) is 34.3 Å². The van der Waals surface area contributed by atoms with E-state index in [9.17, 15) is 0 Å². The Labute approximate surface area is 103 Å². The predicted molar refractivity (Wildman–Crippen MR) is 64.1 cm³/mol. The fraction of sp³-hybridized carbons (Fsp3) is 0.500. The van der Waals surface area contributed by atoms with E-state index in [1.54, 1.807) is 0 Å². The van der Waals surface area contributed by atoms with Gasteiger partial charge in [0.25, 0.3) is 0 Å². The van der Waals surface area contributed by atoms with Crippen molar-refractivity contribution < 1.29 is 9.47 Å². The summed E-state index contributed by atoms with van der Waals surface area (Å²) in [4.78, 5) is 0. The van der Waals surface area contributed by atoms with E-state index in [0.29, 0.717) is 0 Å². The average Bonchev–Trinajstić information content (AvgIpc) is 2.72. The molecule has 2 saturated heterocycles. The lowest BCUT2D eigenvalue weighted by Gasteiger charge is -2.22. The lowest BCUT2D eigenvalue weighted by Crippen LogP contribution is -2.41. The molecule has 16 heavy (non-hydrogen) atoms. The summed E-state index contributed by atoms with van der Waals surface area (Å²) in [7, 11) is 0. The van der Waals surface area contributed by atoms with Gasteiger partial charge in [-0.2, -0.15) is 0 Å². The average molecular weight is 284 g/mol. The van der Waals surface area contributed by atoms with Crippen molar-refractivity contribution in [1.29, 1.82) is 0 Å². The summed E-state index contributed by atoms with van der Waals surface area (Å²) >= 11 is 3.46. The highest BCUT2D eigenvalue weighted by molar-refractivity contribution is 9.10. The largest absolute Gasteiger partial charge is 0.342 e. The van der Waals surface area contributed by atoms with E-state index in [4.69, 9.17) is 9.47 Å². The lowest BCUT2D eigenvalue weighted by molar-refractivity contribution is -0.0669. The smallest absolute Gasteiger partial charge is 0.184 e. The molecular formula is C12H14BrNO2. The molecule has 0 amide bonds. The van der Waals surface area contributed by atoms with Crippen LogP contribution in [0.1, 0.15) is 18.3 Å². The summed E-state index contributed by atoms with van der Waals surface area (Å²) in [5.74, 6) is 0. The standard InChI is InChI=1S/C12H14BrNO2/c13-9-3-1-2-8(6-9)12-15-10-4-5-14-7-11(10)16-12/h1-3,6,10-12,14H,4-5,7H2. The zero-order valence-electron chi connectivity index (χ0n) is 8.86. The third-order valence-electron chi connectivity index (χ3n) is 3.08. The lowest BCUT2D eigenvalue weighted by atomic mass is 10.1. The van der Waals surface area contributed by atoms with Crippen molar-refractivity contribution in [2.24, 2.45) is 0 Å². The van der Waals surface area contributed by atoms with Crippen LogP contribution in [0.5, 0.6) is 0 Å². The maximum absolute atomic E-state index is 5.92. The minimum absolute atomic E-state index is 0.201. The van der Waals surface area contributed by atoms with Gasteiger partial charge in [0.15, 0.2) is 6.29 Å². The van der Waals surface area contributed by atoms with Crippen LogP contribution in [0.3, 0.4) is 0 Å². The molecule has 3 rings (SSSR count). The van der Waals surface area contributed by atoms with E-state index in [1.807, 2.05) is 18.2 Å². The quantitative estimate of drug-likeness (QED) is 0.857. The van der Waals surface area contributed by atoms with Crippen LogP contribution in [0.15, 0.2) is 28.7 Å². The minimum atomic E-state index is -0.201. The first-order valence-corrected chi connectivity index (χ1v) is 6.39. The second kappa shape index (κ2) is 4.45. The van der Waals surface area contributed by atoms with Gasteiger partial charge in [-0.3, -0.25) is 0 Å². The molecule has 1 aromatic rings. The molecule has 86 valence electrons. The zero-order chi connectivity index (χ0) is 11.0. The molecule has 2 fully saturated rings. The normalized spacial score (nSPS) is 33.7. The van der Waals surface area contributed by atoms with Crippen LogP contribution in [0.4, 0.5) is 0 Å². The fourth-order valence-electron chi connectivity index (χ4n) is 2.26. The summed E-state index contributed by atoms with van der Waals surface area (Å²) in [6.07, 6.45) is 1.30. The van der Waals surface area contributed by atoms with Gasteiger partial charge in [0.05, 0.1) is 12.2 Å². The number of hydrogen-bond acceptors (Lipinski definition) is 3. The minimum Gasteiger partial charge on any atom is -0.342 e. The van der Waals surface area contributed by atoms with Crippen LogP contribution < -0.4 is 5.32 Å². The van der Waals surface area contributed by atoms with E-state index in [1.165, 1.54) is 0 Å². The Balaban J connectivity index is 1.77. The van der Waals surface area contributed by atoms with Gasteiger partial charge >= 0.3 is 0 Å². The van der Waals surface area contributed by atoms with Gasteiger partial charge in [-0.25, -0.2) is 0 Å². The molecule has 1 N–H and O–H groups in total. The first-order chi connectivity index (χ1) is 7.83. The second-order valence-electron chi connectivity index (χ2n) is 4.23. The summed E-state index contributed by atoms with van der Waals surface area (Å²) in [6.45, 7) is 1.92. The number of ether oxygens (including phenoxy) is 2. The molecule has 2 aliphatic rings. The molecule has 3 atom stereocenters. The molecule has 0 saturated carbocycles. The molecule has 3 nitrogen and oxygen atoms in total. The molecule has 0 radical (unpaired) electrons. The highest BCUT2D eigenvalue weighted by atomic mass is 79.9. The molecule has 2 aliphatic heterocycles. The molecular weight excluding hydrogens is 270 g/mol. The Morgan fingerprint density at radius 1 is 1.25 bits per heavy atom. The van der Waals surface area contributed by atoms with Crippen molar-refractivity contribution in [2.75, 3.05) is 13.1 Å². The Kier molecular flexibility index (Phi) is 2.98. The highest BCUT2D eigenvalue weighted by Gasteiger charge is 2.38. The van der Waals surface area contributed by atoms with Crippen molar-refractivity contribution in [1.82, 2.24) is 5.32 Å². The Bertz CT molecular complexity index is 371. The van der Waals surface area contributed by atoms with E-state index in [-0.39, 0.29) is 18.5 Å². The number of rotatable bonds is 1. The van der Waals surface area contributed by atoms with Crippen LogP contribution in [0.25, 0.3) is 0 Å². The molecule has 3 unspecified atom stereocenters. The summed E-state index contributed by atoms with van der Waals surface area (Å²) < 4.78 is 12.9. The summed E-state index contributed by atoms with van der Waals surface area (Å²) in [5.41, 5.74) is 1.09. The maximum atomic E-state index is 5.92. The molecule has 0 aliphatic carbocycles. The summed E-state index contributed by atoms with van der Waals surface area (Å²) in [6, 6.07) is 8.11. The third kappa shape index (κ3) is 2.02. The Morgan fingerprint density at radius 2 is 2.12 bits per heavy atom. The van der Waals surface area contributed by atoms with Crippen molar-refractivity contribution in [2.45, 2.75) is 24.9 Å². The number of nitrogens with one attached hydrogen (secondary N) is 1. The molecule has 0 spiro atoms. The topological polar surface area (TPSA) is 30.5 Å². The van der Waals surface area contributed by atoms with Gasteiger partial charge in [0.2, 0.25) is 0 Å². The van der Waals surface area contributed by atoms with Crippen LogP contribution in [-0.2, 0) is 9.47 Å². The molecule has 1 aromatic carbocycles. The molecule has 2 heterocycles. The Hall–Kier alpha value is -0.420. The van der Waals surface area contributed by atoms with Crippen molar-refractivity contribution >= 4 is 15.9 Å². The molecule has 4 heteroatoms. The SMILES string of the molecule is Brc1cccc(C2OC3CCNCC3O2)c1. The number of fused-ring (bicyclic) bond motifs is 1. The first kappa shape index (κ1) is 10.7. The monoisotopic (exact) mass is 283 g/mol. The van der Waals surface area contributed by atoms with E-state index in [2.05, 4.69) is 27.3 Å². The van der Waals surface area contributed by atoms with Gasteiger partial charge < -0.3 is 14.8 Å². The maximum Gasteiger partial charge on any atom is 0.184 e. The van der Waals surface area contributed by atoms with Crippen LogP contribution in [0.2, 0.25) is 0 Å². The number of halogens is 1. The second-order valence-corrected chi connectivity index (χ2v) is 5.14. The highest BCUT2D eigenvalue weighted by Crippen LogP contribution is 2.34. The molecule has 0 bridgehead atoms. The number of benzene rings is 1. The zero-order valence-corrected chi connectivity index (χ0v) is 10.4. The van der Waals surface area contributed by atoms with Gasteiger partial charge in [0.1, 0.15) is 0 Å². The van der Waals surface area contributed by atoms with Crippen LogP contribution in [-0.4, -0.2) is 25.3 Å². The van der Waals surface area contributed by atoms with Crippen LogP contribution >= 0.6 is 15.9 Å². The van der Waals surface area contributed by atoms with E-state index >= 15 is 0 Å². The molecule has 0 aromatic heterocycles. The predicted octanol–water partition coefficient (Wildman–Crippen LogP) is 2.22. The first-order valence-electron chi connectivity index (χ1n) is 5.60.